The van der Waals surface area contributed by atoms with Gasteiger partial charge in [-0.15, -0.1) is 12.4 Å². The highest BCUT2D eigenvalue weighted by Crippen LogP contribution is 2.37. The number of hydrogen-bond donors (Lipinski definition) is 2. The fourth-order valence-corrected chi connectivity index (χ4v) is 4.80. The first-order valence-corrected chi connectivity index (χ1v) is 10.0. The van der Waals surface area contributed by atoms with Crippen molar-refractivity contribution in [1.82, 2.24) is 10.6 Å². The third-order valence-corrected chi connectivity index (χ3v) is 6.17. The summed E-state index contributed by atoms with van der Waals surface area (Å²) in [6.45, 7) is 0.844. The molecule has 4 unspecified atom stereocenters. The predicted octanol–water partition coefficient (Wildman–Crippen LogP) is 4.87. The Morgan fingerprint density at radius 3 is 2.56 bits per heavy atom. The van der Waals surface area contributed by atoms with Crippen LogP contribution in [0.2, 0.25) is 0 Å². The van der Waals surface area contributed by atoms with Gasteiger partial charge in [-0.2, -0.15) is 0 Å². The fourth-order valence-electron chi connectivity index (χ4n) is 4.80. The summed E-state index contributed by atoms with van der Waals surface area (Å²) in [7, 11) is 1.75. The number of piperidine rings is 1. The number of methoxy groups -OCH3 is 1. The average Bonchev–Trinajstić information content (AvgIpc) is 2.72. The van der Waals surface area contributed by atoms with Crippen molar-refractivity contribution in [3.63, 3.8) is 0 Å². The van der Waals surface area contributed by atoms with Crippen molar-refractivity contribution in [2.45, 2.75) is 56.8 Å². The van der Waals surface area contributed by atoms with Gasteiger partial charge in [-0.05, 0) is 36.8 Å². The molecule has 1 saturated carbocycles. The van der Waals surface area contributed by atoms with E-state index in [1.165, 1.54) is 43.2 Å². The molecule has 0 radical (unpaired) electrons. The van der Waals surface area contributed by atoms with Gasteiger partial charge < -0.3 is 15.4 Å². The van der Waals surface area contributed by atoms with Crippen LogP contribution in [0.5, 0.6) is 5.75 Å². The summed E-state index contributed by atoms with van der Waals surface area (Å²) in [6.07, 6.45) is 6.71. The quantitative estimate of drug-likeness (QED) is 0.769. The molecule has 4 atom stereocenters. The van der Waals surface area contributed by atoms with Gasteiger partial charge >= 0.3 is 0 Å². The van der Waals surface area contributed by atoms with E-state index >= 15 is 0 Å². The van der Waals surface area contributed by atoms with Crippen molar-refractivity contribution in [2.75, 3.05) is 7.11 Å². The molecule has 2 aliphatic rings. The first kappa shape index (κ1) is 20.2. The number of fused-ring (bicyclic) bond motifs is 1. The summed E-state index contributed by atoms with van der Waals surface area (Å²) in [5.74, 6) is 1.77. The number of rotatable bonds is 5. The molecule has 1 saturated heterocycles. The van der Waals surface area contributed by atoms with Gasteiger partial charge in [0.1, 0.15) is 5.75 Å². The monoisotopic (exact) mass is 386 g/mol. The summed E-state index contributed by atoms with van der Waals surface area (Å²) in [6, 6.07) is 20.8. The van der Waals surface area contributed by atoms with Crippen molar-refractivity contribution < 1.29 is 4.74 Å². The van der Waals surface area contributed by atoms with E-state index < -0.39 is 0 Å². The first-order valence-electron chi connectivity index (χ1n) is 10.0. The van der Waals surface area contributed by atoms with Gasteiger partial charge in [0.05, 0.1) is 7.11 Å². The summed E-state index contributed by atoms with van der Waals surface area (Å²) < 4.78 is 5.53. The molecule has 2 N–H and O–H groups in total. The number of para-hydroxylation sites is 1. The molecule has 0 bridgehead atoms. The van der Waals surface area contributed by atoms with Crippen LogP contribution in [-0.4, -0.2) is 19.2 Å². The summed E-state index contributed by atoms with van der Waals surface area (Å²) in [4.78, 5) is 0. The predicted molar refractivity (Wildman–Crippen MR) is 114 cm³/mol. The van der Waals surface area contributed by atoms with Crippen LogP contribution in [0.3, 0.4) is 0 Å². The highest BCUT2D eigenvalue weighted by atomic mass is 35.5. The number of ether oxygens (including phenoxy) is 1. The average molecular weight is 387 g/mol. The molecule has 0 spiro atoms. The van der Waals surface area contributed by atoms with Gasteiger partial charge in [0.25, 0.3) is 0 Å². The smallest absolute Gasteiger partial charge is 0.123 e. The third-order valence-electron chi connectivity index (χ3n) is 6.17. The van der Waals surface area contributed by atoms with Crippen molar-refractivity contribution >= 4 is 12.4 Å². The van der Waals surface area contributed by atoms with E-state index in [0.717, 1.165) is 18.2 Å². The maximum absolute atomic E-state index is 5.53. The van der Waals surface area contributed by atoms with E-state index in [0.29, 0.717) is 18.1 Å². The number of nitrogens with one attached hydrogen (secondary N) is 2. The molecular weight excluding hydrogens is 356 g/mol. The number of hydrogen-bond acceptors (Lipinski definition) is 3. The minimum Gasteiger partial charge on any atom is -0.496 e. The second-order valence-corrected chi connectivity index (χ2v) is 7.74. The largest absolute Gasteiger partial charge is 0.496 e. The lowest BCUT2D eigenvalue weighted by molar-refractivity contribution is 0.140. The zero-order valence-corrected chi connectivity index (χ0v) is 16.9. The van der Waals surface area contributed by atoms with E-state index in [9.17, 15) is 0 Å². The van der Waals surface area contributed by atoms with Gasteiger partial charge in [0.15, 0.2) is 0 Å². The Morgan fingerprint density at radius 2 is 1.74 bits per heavy atom. The molecule has 1 aliphatic heterocycles. The number of benzene rings is 2. The first-order chi connectivity index (χ1) is 12.8. The normalized spacial score (nSPS) is 27.3. The molecule has 4 heteroatoms. The minimum absolute atomic E-state index is 0. The lowest BCUT2D eigenvalue weighted by Crippen LogP contribution is -2.55. The summed E-state index contributed by atoms with van der Waals surface area (Å²) in [5, 5.41) is 7.84. The van der Waals surface area contributed by atoms with Crippen molar-refractivity contribution in [3.05, 3.63) is 65.7 Å². The van der Waals surface area contributed by atoms with Crippen LogP contribution in [0.4, 0.5) is 0 Å². The molecule has 0 amide bonds. The second kappa shape index (κ2) is 9.59. The molecule has 2 aromatic rings. The van der Waals surface area contributed by atoms with Crippen LogP contribution in [0.25, 0.3) is 0 Å². The van der Waals surface area contributed by atoms with E-state index in [2.05, 4.69) is 53.1 Å². The zero-order chi connectivity index (χ0) is 17.8. The van der Waals surface area contributed by atoms with Crippen LogP contribution in [-0.2, 0) is 6.54 Å². The van der Waals surface area contributed by atoms with Crippen LogP contribution in [0, 0.1) is 5.92 Å². The lowest BCUT2D eigenvalue weighted by Gasteiger charge is -2.45. The molecule has 0 aromatic heterocycles. The highest BCUT2D eigenvalue weighted by molar-refractivity contribution is 5.85. The van der Waals surface area contributed by atoms with Crippen LogP contribution in [0.15, 0.2) is 54.6 Å². The Bertz CT molecular complexity index is 709. The maximum Gasteiger partial charge on any atom is 0.123 e. The molecule has 4 rings (SSSR count). The molecule has 2 aromatic carbocycles. The van der Waals surface area contributed by atoms with Crippen molar-refractivity contribution in [2.24, 2.45) is 5.92 Å². The Hall–Kier alpha value is -1.55. The van der Waals surface area contributed by atoms with Gasteiger partial charge in [-0.25, -0.2) is 0 Å². The minimum atomic E-state index is 0. The van der Waals surface area contributed by atoms with E-state index in [1.807, 2.05) is 12.1 Å². The lowest BCUT2D eigenvalue weighted by atomic mass is 9.74. The van der Waals surface area contributed by atoms with Gasteiger partial charge in [-0.1, -0.05) is 61.4 Å². The van der Waals surface area contributed by atoms with Crippen LogP contribution in [0.1, 0.15) is 49.3 Å². The Labute approximate surface area is 169 Å². The third kappa shape index (κ3) is 4.66. The molecule has 146 valence electrons. The molecule has 2 fully saturated rings. The van der Waals surface area contributed by atoms with Crippen LogP contribution < -0.4 is 15.4 Å². The van der Waals surface area contributed by atoms with Crippen molar-refractivity contribution in [1.29, 1.82) is 0 Å². The van der Waals surface area contributed by atoms with Gasteiger partial charge in [-0.3, -0.25) is 0 Å². The molecule has 27 heavy (non-hydrogen) atoms. The molecule has 1 aliphatic carbocycles. The Balaban J connectivity index is 0.00000210. The standard InChI is InChI=1S/C23H30N2O.ClH/c1-26-22-14-8-6-12-19(22)16-24-21-15-18-11-5-7-13-20(18)25-23(21)17-9-3-2-4-10-17;/h2-4,6,8-10,12,14,18,20-21,23-25H,5,7,11,13,15-16H2,1H3;1H. The topological polar surface area (TPSA) is 33.3 Å². The molecule has 3 nitrogen and oxygen atoms in total. The zero-order valence-electron chi connectivity index (χ0n) is 16.1. The Kier molecular flexibility index (Phi) is 7.17. The Morgan fingerprint density at radius 1 is 1.00 bits per heavy atom. The van der Waals surface area contributed by atoms with E-state index in [-0.39, 0.29) is 12.4 Å². The van der Waals surface area contributed by atoms with Crippen LogP contribution >= 0.6 is 12.4 Å². The maximum atomic E-state index is 5.53. The van der Waals surface area contributed by atoms with Gasteiger partial charge in [0.2, 0.25) is 0 Å². The summed E-state index contributed by atoms with van der Waals surface area (Å²) in [5.41, 5.74) is 2.63. The second-order valence-electron chi connectivity index (χ2n) is 7.74. The van der Waals surface area contributed by atoms with Gasteiger partial charge in [0, 0.05) is 30.2 Å². The molecular formula is C23H31ClN2O. The van der Waals surface area contributed by atoms with Crippen molar-refractivity contribution in [3.8, 4) is 5.75 Å². The fraction of sp³-hybridized carbons (Fsp3) is 0.478. The molecule has 1 heterocycles. The van der Waals surface area contributed by atoms with E-state index in [1.54, 1.807) is 7.11 Å². The highest BCUT2D eigenvalue weighted by Gasteiger charge is 2.38. The SMILES string of the molecule is COc1ccccc1CNC1CC2CCCCC2NC1c1ccccc1.Cl. The summed E-state index contributed by atoms with van der Waals surface area (Å²) >= 11 is 0. The van der Waals surface area contributed by atoms with E-state index in [4.69, 9.17) is 4.74 Å². The number of halogens is 1.